The van der Waals surface area contributed by atoms with Gasteiger partial charge in [-0.3, -0.25) is 14.6 Å². The first-order valence-corrected chi connectivity index (χ1v) is 11.1. The number of carbonyl (C=O) groups is 1. The quantitative estimate of drug-likeness (QED) is 0.779. The second-order valence-corrected chi connectivity index (χ2v) is 8.95. The summed E-state index contributed by atoms with van der Waals surface area (Å²) in [6, 6.07) is 6.77. The summed E-state index contributed by atoms with van der Waals surface area (Å²) in [6.07, 6.45) is 6.08. The van der Waals surface area contributed by atoms with Crippen molar-refractivity contribution in [2.24, 2.45) is 0 Å². The van der Waals surface area contributed by atoms with E-state index in [2.05, 4.69) is 21.4 Å². The molecule has 1 aromatic carbocycles. The fraction of sp³-hybridized carbons (Fsp3) is 0.565. The van der Waals surface area contributed by atoms with Crippen molar-refractivity contribution in [2.45, 2.75) is 37.8 Å². The summed E-state index contributed by atoms with van der Waals surface area (Å²) >= 11 is 0. The van der Waals surface area contributed by atoms with E-state index in [1.165, 1.54) is 6.07 Å². The van der Waals surface area contributed by atoms with Gasteiger partial charge in [-0.2, -0.15) is 0 Å². The Hall–Kier alpha value is -2.25. The van der Waals surface area contributed by atoms with Crippen LogP contribution in [0.3, 0.4) is 0 Å². The minimum absolute atomic E-state index is 0.114. The normalized spacial score (nSPS) is 21.9. The topological polar surface area (TPSA) is 44.6 Å². The molecule has 7 heteroatoms. The third-order valence-electron chi connectivity index (χ3n) is 7.28. The predicted octanol–water partition coefficient (Wildman–Crippen LogP) is 2.55. The maximum atomic E-state index is 13.8. The molecule has 3 aliphatic heterocycles. The van der Waals surface area contributed by atoms with Crippen LogP contribution < -0.4 is 0 Å². The Bertz CT molecular complexity index is 927. The molecular formula is C23H30FN5O. The highest BCUT2D eigenvalue weighted by atomic mass is 19.1. The Labute approximate surface area is 177 Å². The molecule has 1 aromatic heterocycles. The molecule has 0 radical (unpaired) electrons. The third-order valence-corrected chi connectivity index (χ3v) is 7.28. The van der Waals surface area contributed by atoms with Gasteiger partial charge in [-0.05, 0) is 44.9 Å². The number of piperidine rings is 1. The Morgan fingerprint density at radius 3 is 2.60 bits per heavy atom. The molecule has 5 rings (SSSR count). The van der Waals surface area contributed by atoms with Crippen LogP contribution in [0.4, 0.5) is 4.39 Å². The number of amides is 1. The van der Waals surface area contributed by atoms with Crippen LogP contribution >= 0.6 is 0 Å². The minimum atomic E-state index is -0.221. The first-order valence-electron chi connectivity index (χ1n) is 11.1. The van der Waals surface area contributed by atoms with Crippen molar-refractivity contribution in [2.75, 3.05) is 46.3 Å². The monoisotopic (exact) mass is 411 g/mol. The van der Waals surface area contributed by atoms with Crippen molar-refractivity contribution in [3.05, 3.63) is 42.1 Å². The second kappa shape index (κ2) is 7.78. The zero-order valence-corrected chi connectivity index (χ0v) is 17.7. The lowest BCUT2D eigenvalue weighted by atomic mass is 9.83. The van der Waals surface area contributed by atoms with Crippen LogP contribution in [0.2, 0.25) is 0 Å². The van der Waals surface area contributed by atoms with Crippen molar-refractivity contribution in [3.8, 4) is 11.3 Å². The van der Waals surface area contributed by atoms with Gasteiger partial charge in [-0.1, -0.05) is 12.1 Å². The van der Waals surface area contributed by atoms with E-state index >= 15 is 0 Å². The number of likely N-dealkylation sites (tertiary alicyclic amines) is 2. The molecule has 0 aliphatic carbocycles. The van der Waals surface area contributed by atoms with E-state index in [0.29, 0.717) is 6.54 Å². The number of carbonyl (C=O) groups excluding carboxylic acids is 1. The molecule has 1 amide bonds. The van der Waals surface area contributed by atoms with Crippen LogP contribution in [0.25, 0.3) is 11.3 Å². The molecule has 0 bridgehead atoms. The van der Waals surface area contributed by atoms with Crippen LogP contribution in [-0.2, 0) is 16.9 Å². The van der Waals surface area contributed by atoms with Crippen LogP contribution in [0.5, 0.6) is 0 Å². The number of hydrogen-bond donors (Lipinski definition) is 0. The van der Waals surface area contributed by atoms with E-state index in [0.717, 1.165) is 82.0 Å². The van der Waals surface area contributed by atoms with E-state index in [1.807, 2.05) is 17.2 Å². The van der Waals surface area contributed by atoms with E-state index in [4.69, 9.17) is 4.98 Å². The molecule has 3 aliphatic rings. The average molecular weight is 412 g/mol. The summed E-state index contributed by atoms with van der Waals surface area (Å²) in [6.45, 7) is 5.95. The Kier molecular flexibility index (Phi) is 5.11. The van der Waals surface area contributed by atoms with Gasteiger partial charge < -0.3 is 9.47 Å². The number of imidazole rings is 1. The first-order chi connectivity index (χ1) is 14.6. The van der Waals surface area contributed by atoms with Gasteiger partial charge in [0.05, 0.1) is 24.0 Å². The van der Waals surface area contributed by atoms with Gasteiger partial charge in [0.1, 0.15) is 11.6 Å². The number of aromatic nitrogens is 2. The second-order valence-electron chi connectivity index (χ2n) is 8.95. The number of likely N-dealkylation sites (N-methyl/N-ethyl adjacent to an activating group) is 1. The number of fused-ring (bicyclic) bond motifs is 2. The zero-order chi connectivity index (χ0) is 20.7. The van der Waals surface area contributed by atoms with Crippen LogP contribution in [0.1, 0.15) is 31.5 Å². The molecule has 2 saturated heterocycles. The standard InChI is InChI=1S/C23H30FN5O/c1-26-13-14-29-20(18-5-4-6-19(24)15-18)16-25-22(29)23(26)7-11-27(12-8-23)17-21(30)28-9-2-3-10-28/h4-6,15-16H,2-3,7-14,17H2,1H3. The van der Waals surface area contributed by atoms with E-state index in [1.54, 1.807) is 12.1 Å². The van der Waals surface area contributed by atoms with Crippen molar-refractivity contribution in [1.29, 1.82) is 0 Å². The van der Waals surface area contributed by atoms with Crippen molar-refractivity contribution in [3.63, 3.8) is 0 Å². The fourth-order valence-electron chi connectivity index (χ4n) is 5.43. The highest BCUT2D eigenvalue weighted by Gasteiger charge is 2.45. The average Bonchev–Trinajstić information content (AvgIpc) is 3.43. The fourth-order valence-corrected chi connectivity index (χ4v) is 5.43. The molecule has 30 heavy (non-hydrogen) atoms. The smallest absolute Gasteiger partial charge is 0.236 e. The number of hydrogen-bond acceptors (Lipinski definition) is 4. The summed E-state index contributed by atoms with van der Waals surface area (Å²) in [4.78, 5) is 24.1. The number of benzene rings is 1. The summed E-state index contributed by atoms with van der Waals surface area (Å²) in [5.74, 6) is 1.14. The van der Waals surface area contributed by atoms with Gasteiger partial charge >= 0.3 is 0 Å². The maximum absolute atomic E-state index is 13.8. The van der Waals surface area contributed by atoms with Crippen molar-refractivity contribution in [1.82, 2.24) is 24.3 Å². The van der Waals surface area contributed by atoms with E-state index in [9.17, 15) is 9.18 Å². The molecule has 0 N–H and O–H groups in total. The van der Waals surface area contributed by atoms with Gasteiger partial charge in [0, 0.05) is 44.8 Å². The Balaban J connectivity index is 1.35. The predicted molar refractivity (Wildman–Crippen MR) is 113 cm³/mol. The largest absolute Gasteiger partial charge is 0.342 e. The highest BCUT2D eigenvalue weighted by Crippen LogP contribution is 2.41. The number of rotatable bonds is 3. The maximum Gasteiger partial charge on any atom is 0.236 e. The molecule has 2 aromatic rings. The Morgan fingerprint density at radius 1 is 1.10 bits per heavy atom. The molecule has 0 saturated carbocycles. The van der Waals surface area contributed by atoms with Gasteiger partial charge in [0.15, 0.2) is 0 Å². The number of nitrogens with zero attached hydrogens (tertiary/aromatic N) is 5. The summed E-state index contributed by atoms with van der Waals surface area (Å²) in [5, 5.41) is 0. The lowest BCUT2D eigenvalue weighted by molar-refractivity contribution is -0.132. The first kappa shape index (κ1) is 19.7. The summed E-state index contributed by atoms with van der Waals surface area (Å²) in [7, 11) is 2.19. The molecule has 0 atom stereocenters. The minimum Gasteiger partial charge on any atom is -0.342 e. The number of halogens is 1. The van der Waals surface area contributed by atoms with Crippen molar-refractivity contribution >= 4 is 5.91 Å². The van der Waals surface area contributed by atoms with Gasteiger partial charge in [0.2, 0.25) is 5.91 Å². The lowest BCUT2D eigenvalue weighted by Crippen LogP contribution is -2.57. The molecule has 2 fully saturated rings. The molecule has 160 valence electrons. The van der Waals surface area contributed by atoms with Gasteiger partial charge in [0.25, 0.3) is 0 Å². The SMILES string of the molecule is CN1CCn2c(-c3cccc(F)c3)cnc2C12CCN(CC(=O)N1CCCC1)CC2. The zero-order valence-electron chi connectivity index (χ0n) is 17.7. The molecular weight excluding hydrogens is 381 g/mol. The van der Waals surface area contributed by atoms with Gasteiger partial charge in [-0.15, -0.1) is 0 Å². The summed E-state index contributed by atoms with van der Waals surface area (Å²) < 4.78 is 16.1. The third kappa shape index (κ3) is 3.34. The molecule has 0 unspecified atom stereocenters. The van der Waals surface area contributed by atoms with E-state index in [-0.39, 0.29) is 17.3 Å². The molecule has 4 heterocycles. The van der Waals surface area contributed by atoms with Crippen molar-refractivity contribution < 1.29 is 9.18 Å². The van der Waals surface area contributed by atoms with Crippen LogP contribution in [-0.4, -0.2) is 76.5 Å². The highest BCUT2D eigenvalue weighted by molar-refractivity contribution is 5.78. The lowest BCUT2D eigenvalue weighted by Gasteiger charge is -2.49. The Morgan fingerprint density at radius 2 is 1.87 bits per heavy atom. The van der Waals surface area contributed by atoms with Crippen LogP contribution in [0, 0.1) is 5.82 Å². The molecule has 6 nitrogen and oxygen atoms in total. The van der Waals surface area contributed by atoms with E-state index < -0.39 is 0 Å². The van der Waals surface area contributed by atoms with Gasteiger partial charge in [-0.25, -0.2) is 9.37 Å². The molecule has 1 spiro atoms. The van der Waals surface area contributed by atoms with Crippen LogP contribution in [0.15, 0.2) is 30.5 Å². The summed E-state index contributed by atoms with van der Waals surface area (Å²) in [5.41, 5.74) is 1.75.